The molecule has 5 aromatic rings. The van der Waals surface area contributed by atoms with Gasteiger partial charge in [0.15, 0.2) is 0 Å². The Morgan fingerprint density at radius 1 is 0.865 bits per heavy atom. The number of aromatic amines is 1. The number of H-pyrrole nitrogens is 1. The van der Waals surface area contributed by atoms with Crippen molar-refractivity contribution in [2.45, 2.75) is 27.7 Å². The van der Waals surface area contributed by atoms with Crippen LogP contribution in [0.25, 0.3) is 27.7 Å². The number of pyridine rings is 1. The summed E-state index contributed by atoms with van der Waals surface area (Å²) in [7, 11) is 0. The Kier molecular flexibility index (Phi) is 5.89. The Bertz CT molecular complexity index is 1800. The third-order valence-corrected chi connectivity index (χ3v) is 6.90. The highest BCUT2D eigenvalue weighted by Crippen LogP contribution is 2.34. The minimum atomic E-state index is -0.596. The first-order chi connectivity index (χ1) is 17.7. The van der Waals surface area contributed by atoms with Gasteiger partial charge in [0, 0.05) is 22.5 Å². The van der Waals surface area contributed by atoms with Gasteiger partial charge in [0.25, 0.3) is 5.56 Å². The lowest BCUT2D eigenvalue weighted by atomic mass is 10.0. The molecule has 0 radical (unpaired) electrons. The summed E-state index contributed by atoms with van der Waals surface area (Å²) in [6, 6.07) is 16.8. The number of benzene rings is 3. The standard InChI is InChI=1S/C29H28N6O2/c1-16-9-10-20(11-17(16)2)26-27(35(31)24-13-19(4)18(3)12-23(24)30)28(36)34(29(37)33-26)25-15-32-14-21-7-5-6-8-22(21)25/h5-15H,30-31H2,1-4H3,(H,33,37). The van der Waals surface area contributed by atoms with Gasteiger partial charge in [0.2, 0.25) is 0 Å². The number of nitrogens with zero attached hydrogens (tertiary/aromatic N) is 3. The van der Waals surface area contributed by atoms with Crippen LogP contribution in [0.1, 0.15) is 22.3 Å². The summed E-state index contributed by atoms with van der Waals surface area (Å²) in [4.78, 5) is 34.9. The lowest BCUT2D eigenvalue weighted by Crippen LogP contribution is -2.41. The monoisotopic (exact) mass is 492 g/mol. The van der Waals surface area contributed by atoms with E-state index in [9.17, 15) is 9.59 Å². The Hall–Kier alpha value is -4.69. The van der Waals surface area contributed by atoms with Gasteiger partial charge in [-0.05, 0) is 68.1 Å². The molecular formula is C29H28N6O2. The Balaban J connectivity index is 1.86. The van der Waals surface area contributed by atoms with Crippen molar-refractivity contribution < 1.29 is 0 Å². The lowest BCUT2D eigenvalue weighted by Gasteiger charge is -2.24. The molecule has 8 nitrogen and oxygen atoms in total. The Morgan fingerprint density at radius 2 is 1.57 bits per heavy atom. The maximum atomic E-state index is 14.2. The zero-order valence-electron chi connectivity index (χ0n) is 21.2. The van der Waals surface area contributed by atoms with E-state index in [-0.39, 0.29) is 5.69 Å². The van der Waals surface area contributed by atoms with E-state index >= 15 is 0 Å². The number of rotatable bonds is 4. The van der Waals surface area contributed by atoms with Crippen LogP contribution in [-0.4, -0.2) is 14.5 Å². The second-order valence-corrected chi connectivity index (χ2v) is 9.34. The van der Waals surface area contributed by atoms with Gasteiger partial charge < -0.3 is 10.7 Å². The molecule has 0 saturated heterocycles. The van der Waals surface area contributed by atoms with Gasteiger partial charge in [-0.15, -0.1) is 0 Å². The first-order valence-corrected chi connectivity index (χ1v) is 11.9. The van der Waals surface area contributed by atoms with Crippen LogP contribution in [0.15, 0.2) is 76.6 Å². The fourth-order valence-electron chi connectivity index (χ4n) is 4.51. The van der Waals surface area contributed by atoms with Crippen LogP contribution < -0.4 is 27.8 Å². The summed E-state index contributed by atoms with van der Waals surface area (Å²) >= 11 is 0. The average Bonchev–Trinajstić information content (AvgIpc) is 2.87. The fraction of sp³-hybridized carbons (Fsp3) is 0.138. The Labute approximate surface area is 213 Å². The third-order valence-electron chi connectivity index (χ3n) is 6.90. The molecule has 0 aliphatic carbocycles. The minimum absolute atomic E-state index is 0.0886. The predicted octanol–water partition coefficient (Wildman–Crippen LogP) is 4.57. The first-order valence-electron chi connectivity index (χ1n) is 11.9. The van der Waals surface area contributed by atoms with Gasteiger partial charge in [-0.2, -0.15) is 0 Å². The number of nitrogens with one attached hydrogen (secondary N) is 1. The van der Waals surface area contributed by atoms with E-state index < -0.39 is 11.2 Å². The number of hydrogen-bond acceptors (Lipinski definition) is 6. The van der Waals surface area contributed by atoms with E-state index in [2.05, 4.69) is 9.97 Å². The smallest absolute Gasteiger partial charge is 0.333 e. The van der Waals surface area contributed by atoms with E-state index in [4.69, 9.17) is 11.6 Å². The van der Waals surface area contributed by atoms with Gasteiger partial charge in [-0.3, -0.25) is 14.8 Å². The lowest BCUT2D eigenvalue weighted by molar-refractivity contribution is 0.865. The number of hydrogen-bond donors (Lipinski definition) is 3. The van der Waals surface area contributed by atoms with Crippen molar-refractivity contribution in [2.75, 3.05) is 10.7 Å². The molecule has 0 aliphatic rings. The van der Waals surface area contributed by atoms with Gasteiger partial charge in [-0.1, -0.05) is 36.4 Å². The second kappa shape index (κ2) is 9.07. The molecule has 0 atom stereocenters. The second-order valence-electron chi connectivity index (χ2n) is 9.34. The summed E-state index contributed by atoms with van der Waals surface area (Å²) in [6.07, 6.45) is 3.19. The number of aromatic nitrogens is 3. The van der Waals surface area contributed by atoms with E-state index in [1.54, 1.807) is 6.20 Å². The predicted molar refractivity (Wildman–Crippen MR) is 150 cm³/mol. The highest BCUT2D eigenvalue weighted by atomic mass is 16.2. The third kappa shape index (κ3) is 4.07. The van der Waals surface area contributed by atoms with Crippen molar-refractivity contribution in [3.05, 3.63) is 110 Å². The summed E-state index contributed by atoms with van der Waals surface area (Å²) in [6.45, 7) is 7.88. The largest absolute Gasteiger partial charge is 0.397 e. The molecule has 2 aromatic heterocycles. The van der Waals surface area contributed by atoms with Crippen molar-refractivity contribution in [2.24, 2.45) is 5.84 Å². The van der Waals surface area contributed by atoms with Crippen LogP contribution >= 0.6 is 0 Å². The molecule has 37 heavy (non-hydrogen) atoms. The zero-order valence-corrected chi connectivity index (χ0v) is 21.2. The number of aryl methyl sites for hydroxylation is 4. The minimum Gasteiger partial charge on any atom is -0.397 e. The summed E-state index contributed by atoms with van der Waals surface area (Å²) in [5, 5.41) is 2.78. The molecule has 0 amide bonds. The number of nitrogen functional groups attached to an aromatic ring is 1. The van der Waals surface area contributed by atoms with Crippen molar-refractivity contribution in [3.8, 4) is 16.9 Å². The number of nitrogens with two attached hydrogens (primary N) is 2. The van der Waals surface area contributed by atoms with Crippen LogP contribution in [0.2, 0.25) is 0 Å². The molecule has 3 aromatic carbocycles. The molecule has 0 spiro atoms. The van der Waals surface area contributed by atoms with Crippen molar-refractivity contribution in [1.29, 1.82) is 0 Å². The number of fused-ring (bicyclic) bond motifs is 1. The fourth-order valence-corrected chi connectivity index (χ4v) is 4.51. The molecule has 5 N–H and O–H groups in total. The zero-order chi connectivity index (χ0) is 26.4. The van der Waals surface area contributed by atoms with Gasteiger partial charge in [0.05, 0.1) is 29.0 Å². The summed E-state index contributed by atoms with van der Waals surface area (Å²) < 4.78 is 1.08. The van der Waals surface area contributed by atoms with Crippen molar-refractivity contribution in [1.82, 2.24) is 14.5 Å². The van der Waals surface area contributed by atoms with E-state index in [1.165, 1.54) is 11.2 Å². The topological polar surface area (TPSA) is 123 Å². The normalized spacial score (nSPS) is 11.2. The van der Waals surface area contributed by atoms with Crippen LogP contribution in [0.4, 0.5) is 17.1 Å². The molecule has 5 rings (SSSR count). The summed E-state index contributed by atoms with van der Waals surface area (Å²) in [5.74, 6) is 6.66. The summed E-state index contributed by atoms with van der Waals surface area (Å²) in [5.41, 5.74) is 11.5. The Morgan fingerprint density at radius 3 is 2.32 bits per heavy atom. The highest BCUT2D eigenvalue weighted by Gasteiger charge is 2.24. The van der Waals surface area contributed by atoms with Crippen LogP contribution in [0.3, 0.4) is 0 Å². The molecule has 0 bridgehead atoms. The van der Waals surface area contributed by atoms with Crippen molar-refractivity contribution in [3.63, 3.8) is 0 Å². The molecular weight excluding hydrogens is 464 g/mol. The quantitative estimate of drug-likeness (QED) is 0.192. The molecule has 186 valence electrons. The van der Waals surface area contributed by atoms with E-state index in [0.29, 0.717) is 33.7 Å². The SMILES string of the molecule is Cc1ccc(-c2[nH]c(=O)n(-c3cncc4ccccc34)c(=O)c2N(N)c2cc(C)c(C)cc2N)cc1C. The highest BCUT2D eigenvalue weighted by molar-refractivity contribution is 5.90. The van der Waals surface area contributed by atoms with Crippen LogP contribution in [0, 0.1) is 27.7 Å². The number of hydrazine groups is 1. The van der Waals surface area contributed by atoms with Crippen molar-refractivity contribution >= 4 is 27.8 Å². The van der Waals surface area contributed by atoms with E-state index in [0.717, 1.165) is 32.2 Å². The molecule has 0 aliphatic heterocycles. The molecule has 0 fully saturated rings. The number of anilines is 3. The van der Waals surface area contributed by atoms with Gasteiger partial charge in [-0.25, -0.2) is 15.2 Å². The van der Waals surface area contributed by atoms with Gasteiger partial charge in [0.1, 0.15) is 5.69 Å². The van der Waals surface area contributed by atoms with E-state index in [1.807, 2.05) is 82.3 Å². The maximum absolute atomic E-state index is 14.2. The average molecular weight is 493 g/mol. The van der Waals surface area contributed by atoms with Crippen LogP contribution in [0.5, 0.6) is 0 Å². The molecule has 8 heteroatoms. The molecule has 0 unspecified atom stereocenters. The molecule has 0 saturated carbocycles. The molecule has 2 heterocycles. The van der Waals surface area contributed by atoms with Crippen LogP contribution in [-0.2, 0) is 0 Å². The van der Waals surface area contributed by atoms with Gasteiger partial charge >= 0.3 is 5.69 Å². The maximum Gasteiger partial charge on any atom is 0.333 e. The first kappa shape index (κ1) is 24.0.